The van der Waals surface area contributed by atoms with Crippen LogP contribution in [0, 0.1) is 12.8 Å². The van der Waals surface area contributed by atoms with Crippen LogP contribution in [0.5, 0.6) is 5.75 Å². The maximum Gasteiger partial charge on any atom is 0.341 e. The number of carbonyl (C=O) groups excluding carboxylic acids is 3. The average molecular weight is 548 g/mol. The predicted octanol–water partition coefficient (Wildman–Crippen LogP) is 5.53. The Balaban J connectivity index is 1.37. The highest BCUT2D eigenvalue weighted by molar-refractivity contribution is 7.17. The molecule has 204 valence electrons. The molecule has 0 saturated heterocycles. The molecule has 0 radical (unpaired) electrons. The summed E-state index contributed by atoms with van der Waals surface area (Å²) in [4.78, 5) is 39.3. The van der Waals surface area contributed by atoms with Crippen molar-refractivity contribution in [1.29, 1.82) is 0 Å². The third kappa shape index (κ3) is 7.11. The lowest BCUT2D eigenvalue weighted by Crippen LogP contribution is -2.33. The SMILES string of the molecule is CCOC(=O)c1c(NC(=O)c2ccc(OC(C)C(=O)N/N=C/c3ccc(C)cc3)cc2)sc2c1CCC(C)C2. The molecular weight excluding hydrogens is 514 g/mol. The number of ether oxygens (including phenoxy) is 2. The highest BCUT2D eigenvalue weighted by Crippen LogP contribution is 2.40. The molecule has 8 nitrogen and oxygen atoms in total. The molecule has 2 N–H and O–H groups in total. The van der Waals surface area contributed by atoms with Gasteiger partial charge in [-0.2, -0.15) is 5.10 Å². The minimum absolute atomic E-state index is 0.268. The summed E-state index contributed by atoms with van der Waals surface area (Å²) in [6.07, 6.45) is 3.45. The number of nitrogens with one attached hydrogen (secondary N) is 2. The first-order valence-electron chi connectivity index (χ1n) is 13.0. The molecule has 1 aliphatic carbocycles. The molecule has 1 aliphatic rings. The molecule has 2 unspecified atom stereocenters. The van der Waals surface area contributed by atoms with Gasteiger partial charge in [-0.25, -0.2) is 10.2 Å². The standard InChI is InChI=1S/C30H33N3O5S/c1-5-37-30(36)26-24-15-8-19(3)16-25(24)39-29(26)32-28(35)22-11-13-23(14-12-22)38-20(4)27(34)33-31-17-21-9-6-18(2)7-10-21/h6-7,9-14,17,19-20H,5,8,15-16H2,1-4H3,(H,32,35)(H,33,34)/b31-17+. The van der Waals surface area contributed by atoms with Gasteiger partial charge >= 0.3 is 5.97 Å². The van der Waals surface area contributed by atoms with Crippen LogP contribution in [0.25, 0.3) is 0 Å². The molecular formula is C30H33N3O5S. The summed E-state index contributed by atoms with van der Waals surface area (Å²) in [6.45, 7) is 7.85. The van der Waals surface area contributed by atoms with Gasteiger partial charge in [0.25, 0.3) is 11.8 Å². The normalized spacial score (nSPS) is 15.3. The predicted molar refractivity (Wildman–Crippen MR) is 153 cm³/mol. The Hall–Kier alpha value is -3.98. The van der Waals surface area contributed by atoms with Crippen molar-refractivity contribution in [3.8, 4) is 5.75 Å². The van der Waals surface area contributed by atoms with Gasteiger partial charge < -0.3 is 14.8 Å². The van der Waals surface area contributed by atoms with Crippen molar-refractivity contribution in [1.82, 2.24) is 5.43 Å². The van der Waals surface area contributed by atoms with Crippen molar-refractivity contribution in [3.63, 3.8) is 0 Å². The Morgan fingerprint density at radius 2 is 1.85 bits per heavy atom. The van der Waals surface area contributed by atoms with Gasteiger partial charge in [-0.3, -0.25) is 9.59 Å². The second-order valence-electron chi connectivity index (χ2n) is 9.66. The number of benzene rings is 2. The number of anilines is 1. The van der Waals surface area contributed by atoms with E-state index < -0.39 is 18.0 Å². The molecule has 0 fully saturated rings. The number of thiophene rings is 1. The van der Waals surface area contributed by atoms with E-state index in [9.17, 15) is 14.4 Å². The van der Waals surface area contributed by atoms with Gasteiger partial charge in [0.1, 0.15) is 10.8 Å². The second kappa shape index (κ2) is 12.7. The summed E-state index contributed by atoms with van der Waals surface area (Å²) < 4.78 is 11.0. The largest absolute Gasteiger partial charge is 0.481 e. The molecule has 2 amide bonds. The third-order valence-electron chi connectivity index (χ3n) is 6.48. The zero-order chi connectivity index (χ0) is 27.9. The van der Waals surface area contributed by atoms with Gasteiger partial charge in [0.15, 0.2) is 6.10 Å². The first-order valence-corrected chi connectivity index (χ1v) is 13.9. The van der Waals surface area contributed by atoms with Crippen LogP contribution < -0.4 is 15.5 Å². The van der Waals surface area contributed by atoms with E-state index in [2.05, 4.69) is 22.8 Å². The van der Waals surface area contributed by atoms with Gasteiger partial charge in [0.05, 0.1) is 18.4 Å². The Bertz CT molecular complexity index is 1360. The number of hydrogen-bond acceptors (Lipinski definition) is 7. The lowest BCUT2D eigenvalue weighted by Gasteiger charge is -2.18. The van der Waals surface area contributed by atoms with E-state index in [1.54, 1.807) is 44.3 Å². The molecule has 39 heavy (non-hydrogen) atoms. The summed E-state index contributed by atoms with van der Waals surface area (Å²) in [7, 11) is 0. The minimum Gasteiger partial charge on any atom is -0.481 e. The molecule has 1 aromatic heterocycles. The summed E-state index contributed by atoms with van der Waals surface area (Å²) in [5, 5.41) is 7.42. The Morgan fingerprint density at radius 1 is 1.13 bits per heavy atom. The highest BCUT2D eigenvalue weighted by atomic mass is 32.1. The number of esters is 1. The molecule has 0 saturated carbocycles. The maximum atomic E-state index is 13.0. The minimum atomic E-state index is -0.799. The van der Waals surface area contributed by atoms with Crippen LogP contribution >= 0.6 is 11.3 Å². The van der Waals surface area contributed by atoms with Crippen molar-refractivity contribution in [3.05, 3.63) is 81.2 Å². The van der Waals surface area contributed by atoms with Crippen molar-refractivity contribution in [2.24, 2.45) is 11.0 Å². The van der Waals surface area contributed by atoms with E-state index >= 15 is 0 Å². The van der Waals surface area contributed by atoms with Gasteiger partial charge in [-0.15, -0.1) is 11.3 Å². The molecule has 0 spiro atoms. The smallest absolute Gasteiger partial charge is 0.341 e. The Morgan fingerprint density at radius 3 is 2.54 bits per heavy atom. The maximum absolute atomic E-state index is 13.0. The van der Waals surface area contributed by atoms with E-state index in [-0.39, 0.29) is 12.5 Å². The Labute approximate surface area is 232 Å². The van der Waals surface area contributed by atoms with E-state index in [1.807, 2.05) is 31.2 Å². The summed E-state index contributed by atoms with van der Waals surface area (Å²) in [6, 6.07) is 14.2. The lowest BCUT2D eigenvalue weighted by molar-refractivity contribution is -0.127. The first-order chi connectivity index (χ1) is 18.7. The van der Waals surface area contributed by atoms with Crippen LogP contribution in [0.3, 0.4) is 0 Å². The number of hydrogen-bond donors (Lipinski definition) is 2. The van der Waals surface area contributed by atoms with Crippen LogP contribution in [-0.4, -0.2) is 36.7 Å². The van der Waals surface area contributed by atoms with Crippen LogP contribution in [0.4, 0.5) is 5.00 Å². The molecule has 4 rings (SSSR count). The van der Waals surface area contributed by atoms with Crippen LogP contribution in [0.15, 0.2) is 53.6 Å². The molecule has 2 aromatic carbocycles. The zero-order valence-corrected chi connectivity index (χ0v) is 23.4. The zero-order valence-electron chi connectivity index (χ0n) is 22.6. The lowest BCUT2D eigenvalue weighted by atomic mass is 9.88. The van der Waals surface area contributed by atoms with E-state index in [1.165, 1.54) is 11.3 Å². The summed E-state index contributed by atoms with van der Waals surface area (Å²) in [5.41, 5.74) is 6.35. The number of aryl methyl sites for hydroxylation is 1. The van der Waals surface area contributed by atoms with E-state index in [0.29, 0.717) is 27.8 Å². The highest BCUT2D eigenvalue weighted by Gasteiger charge is 2.29. The third-order valence-corrected chi connectivity index (χ3v) is 7.65. The molecule has 0 bridgehead atoms. The fourth-order valence-corrected chi connectivity index (χ4v) is 5.68. The van der Waals surface area contributed by atoms with Gasteiger partial charge in [0, 0.05) is 10.4 Å². The molecule has 1 heterocycles. The topological polar surface area (TPSA) is 106 Å². The molecule has 3 aromatic rings. The summed E-state index contributed by atoms with van der Waals surface area (Å²) in [5.74, 6) is -0.173. The fraction of sp³-hybridized carbons (Fsp3) is 0.333. The van der Waals surface area contributed by atoms with E-state index in [0.717, 1.165) is 40.8 Å². The molecule has 9 heteroatoms. The van der Waals surface area contributed by atoms with Crippen molar-refractivity contribution >= 4 is 40.3 Å². The van der Waals surface area contributed by atoms with Crippen LogP contribution in [0.2, 0.25) is 0 Å². The van der Waals surface area contributed by atoms with Crippen molar-refractivity contribution < 1.29 is 23.9 Å². The monoisotopic (exact) mass is 547 g/mol. The fourth-order valence-electron chi connectivity index (χ4n) is 4.29. The number of nitrogens with zero attached hydrogens (tertiary/aromatic N) is 1. The number of amides is 2. The van der Waals surface area contributed by atoms with Gasteiger partial charge in [0.2, 0.25) is 0 Å². The van der Waals surface area contributed by atoms with Gasteiger partial charge in [-0.05, 0) is 81.3 Å². The van der Waals surface area contributed by atoms with Gasteiger partial charge in [-0.1, -0.05) is 36.8 Å². The van der Waals surface area contributed by atoms with Crippen molar-refractivity contribution in [2.45, 2.75) is 53.1 Å². The number of carbonyl (C=O) groups is 3. The van der Waals surface area contributed by atoms with Crippen LogP contribution in [-0.2, 0) is 22.4 Å². The average Bonchev–Trinajstić information content (AvgIpc) is 3.27. The molecule has 0 aliphatic heterocycles. The van der Waals surface area contributed by atoms with Crippen LogP contribution in [0.1, 0.15) is 69.5 Å². The second-order valence-corrected chi connectivity index (χ2v) is 10.8. The number of hydrazone groups is 1. The molecule has 2 atom stereocenters. The first kappa shape index (κ1) is 28.0. The number of rotatable bonds is 9. The quantitative estimate of drug-likeness (QED) is 0.208. The Kier molecular flexibility index (Phi) is 9.14. The summed E-state index contributed by atoms with van der Waals surface area (Å²) >= 11 is 1.45. The number of fused-ring (bicyclic) bond motifs is 1. The van der Waals surface area contributed by atoms with E-state index in [4.69, 9.17) is 9.47 Å². The van der Waals surface area contributed by atoms with Crippen molar-refractivity contribution in [2.75, 3.05) is 11.9 Å².